The molecule has 1 atom stereocenters. The lowest BCUT2D eigenvalue weighted by atomic mass is 9.67. The van der Waals surface area contributed by atoms with Gasteiger partial charge in [-0.3, -0.25) is 0 Å². The third kappa shape index (κ3) is 5.28. The Hall–Kier alpha value is -7.62. The molecule has 0 radical (unpaired) electrons. The van der Waals surface area contributed by atoms with Gasteiger partial charge in [-0.15, -0.1) is 0 Å². The number of furan rings is 1. The maximum atomic E-state index is 6.86. The van der Waals surface area contributed by atoms with Gasteiger partial charge < -0.3 is 14.2 Å². The van der Waals surface area contributed by atoms with E-state index in [9.17, 15) is 0 Å². The summed E-state index contributed by atoms with van der Waals surface area (Å²) in [7, 11) is 0. The summed E-state index contributed by atoms with van der Waals surface area (Å²) in [4.78, 5) is 4.76. The Kier molecular flexibility index (Phi) is 8.04. The molecule has 0 fully saturated rings. The van der Waals surface area contributed by atoms with Crippen molar-refractivity contribution < 1.29 is 4.42 Å². The first kappa shape index (κ1) is 33.7. The van der Waals surface area contributed by atoms with Gasteiger partial charge in [-0.25, -0.2) is 0 Å². The van der Waals surface area contributed by atoms with E-state index >= 15 is 0 Å². The van der Waals surface area contributed by atoms with Crippen molar-refractivity contribution in [3.05, 3.63) is 253 Å². The van der Waals surface area contributed by atoms with Crippen molar-refractivity contribution in [3.63, 3.8) is 0 Å². The van der Waals surface area contributed by atoms with Crippen LogP contribution in [0.4, 0.5) is 34.1 Å². The standard InChI is InChI=1S/C55H38N2O/c1-6-20-39(21-7-1)55(50-32-18-16-31-49(50)53-51(55)35-34-48-47-30-17-19-33-52(47)58-54(48)53)40-36-45(56(41-22-8-2-9-23-41)42-24-10-3-11-25-42)38-46(37-40)57(43-26-12-4-13-27-43)44-28-14-5-15-29-44/h1-38H. The molecule has 10 aromatic rings. The van der Waals surface area contributed by atoms with Crippen LogP contribution in [0.15, 0.2) is 235 Å². The van der Waals surface area contributed by atoms with E-state index in [0.717, 1.165) is 67.2 Å². The molecule has 1 unspecified atom stereocenters. The minimum atomic E-state index is -0.705. The Morgan fingerprint density at radius 2 is 0.793 bits per heavy atom. The number of para-hydroxylation sites is 5. The molecule has 1 heterocycles. The second-order valence-corrected chi connectivity index (χ2v) is 14.9. The highest BCUT2D eigenvalue weighted by Crippen LogP contribution is 2.59. The number of rotatable bonds is 8. The molecule has 0 N–H and O–H groups in total. The number of nitrogens with zero attached hydrogens (tertiary/aromatic N) is 2. The summed E-state index contributed by atoms with van der Waals surface area (Å²) in [6.45, 7) is 0. The first-order valence-corrected chi connectivity index (χ1v) is 19.9. The van der Waals surface area contributed by atoms with Gasteiger partial charge in [0.05, 0.1) is 5.41 Å². The minimum Gasteiger partial charge on any atom is -0.455 e. The van der Waals surface area contributed by atoms with Crippen LogP contribution in [0, 0.1) is 0 Å². The molecule has 11 rings (SSSR count). The first-order chi connectivity index (χ1) is 28.8. The van der Waals surface area contributed by atoms with E-state index in [1.54, 1.807) is 0 Å². The summed E-state index contributed by atoms with van der Waals surface area (Å²) in [6, 6.07) is 82.9. The van der Waals surface area contributed by atoms with Crippen molar-refractivity contribution in [2.24, 2.45) is 0 Å². The Bertz CT molecular complexity index is 2870. The summed E-state index contributed by atoms with van der Waals surface area (Å²) in [6.07, 6.45) is 0. The highest BCUT2D eigenvalue weighted by Gasteiger charge is 2.48. The van der Waals surface area contributed by atoms with Crippen molar-refractivity contribution in [2.75, 3.05) is 9.80 Å². The first-order valence-electron chi connectivity index (χ1n) is 19.9. The van der Waals surface area contributed by atoms with Crippen molar-refractivity contribution in [1.29, 1.82) is 0 Å². The zero-order chi connectivity index (χ0) is 38.5. The molecule has 0 amide bonds. The van der Waals surface area contributed by atoms with Crippen LogP contribution in [0.2, 0.25) is 0 Å². The number of fused-ring (bicyclic) bond motifs is 7. The maximum Gasteiger partial charge on any atom is 0.143 e. The highest BCUT2D eigenvalue weighted by atomic mass is 16.3. The van der Waals surface area contributed by atoms with Crippen LogP contribution >= 0.6 is 0 Å². The van der Waals surface area contributed by atoms with Crippen LogP contribution in [0.25, 0.3) is 33.1 Å². The molecule has 1 aliphatic carbocycles. The molecule has 1 aliphatic rings. The Labute approximate surface area is 338 Å². The third-order valence-electron chi connectivity index (χ3n) is 11.7. The van der Waals surface area contributed by atoms with Crippen LogP contribution in [-0.2, 0) is 5.41 Å². The van der Waals surface area contributed by atoms with Crippen molar-refractivity contribution >= 4 is 56.1 Å². The lowest BCUT2D eigenvalue weighted by molar-refractivity contribution is 0.669. The summed E-state index contributed by atoms with van der Waals surface area (Å²) in [5.41, 5.74) is 14.6. The Morgan fingerprint density at radius 3 is 1.34 bits per heavy atom. The predicted octanol–water partition coefficient (Wildman–Crippen LogP) is 14.9. The van der Waals surface area contributed by atoms with Gasteiger partial charge in [-0.2, -0.15) is 0 Å². The predicted molar refractivity (Wildman–Crippen MR) is 240 cm³/mol. The van der Waals surface area contributed by atoms with E-state index < -0.39 is 5.41 Å². The molecule has 1 aromatic heterocycles. The fraction of sp³-hybridized carbons (Fsp3) is 0.0182. The van der Waals surface area contributed by atoms with Gasteiger partial charge >= 0.3 is 0 Å². The van der Waals surface area contributed by atoms with Crippen LogP contribution in [0.3, 0.4) is 0 Å². The quantitative estimate of drug-likeness (QED) is 0.155. The second kappa shape index (κ2) is 13.8. The molecule has 0 bridgehead atoms. The molecule has 0 saturated heterocycles. The molecule has 3 nitrogen and oxygen atoms in total. The normalized spacial score (nSPS) is 14.3. The van der Waals surface area contributed by atoms with Gasteiger partial charge in [0.25, 0.3) is 0 Å². The maximum absolute atomic E-state index is 6.86. The van der Waals surface area contributed by atoms with E-state index in [1.807, 2.05) is 0 Å². The van der Waals surface area contributed by atoms with Crippen molar-refractivity contribution in [2.45, 2.75) is 5.41 Å². The van der Waals surface area contributed by atoms with Gasteiger partial charge in [0, 0.05) is 50.5 Å². The smallest absolute Gasteiger partial charge is 0.143 e. The number of benzene rings is 9. The van der Waals surface area contributed by atoms with E-state index in [-0.39, 0.29) is 0 Å². The minimum absolute atomic E-state index is 0.705. The zero-order valence-corrected chi connectivity index (χ0v) is 31.7. The molecule has 3 heteroatoms. The molecule has 274 valence electrons. The van der Waals surface area contributed by atoms with E-state index in [0.29, 0.717) is 0 Å². The van der Waals surface area contributed by atoms with Crippen molar-refractivity contribution in [1.82, 2.24) is 0 Å². The average Bonchev–Trinajstić information content (AvgIpc) is 3.83. The lowest BCUT2D eigenvalue weighted by Gasteiger charge is -2.37. The van der Waals surface area contributed by atoms with Gasteiger partial charge in [0.2, 0.25) is 0 Å². The molecule has 0 spiro atoms. The fourth-order valence-electron chi connectivity index (χ4n) is 9.29. The lowest BCUT2D eigenvalue weighted by Crippen LogP contribution is -2.29. The summed E-state index contributed by atoms with van der Waals surface area (Å²) >= 11 is 0. The van der Waals surface area contributed by atoms with Crippen LogP contribution < -0.4 is 9.80 Å². The number of hydrogen-bond donors (Lipinski definition) is 0. The van der Waals surface area contributed by atoms with Gasteiger partial charge in [-0.05, 0) is 101 Å². The molecular weight excluding hydrogens is 705 g/mol. The largest absolute Gasteiger partial charge is 0.455 e. The Morgan fingerprint density at radius 1 is 0.328 bits per heavy atom. The number of hydrogen-bond acceptors (Lipinski definition) is 3. The molecule has 0 aliphatic heterocycles. The van der Waals surface area contributed by atoms with E-state index in [2.05, 4.69) is 240 Å². The number of anilines is 6. The SMILES string of the molecule is c1ccc(N(c2ccccc2)c2cc(N(c3ccccc3)c3ccccc3)cc(C3(c4ccccc4)c4ccccc4-c4c3ccc3c4oc4ccccc43)c2)cc1. The summed E-state index contributed by atoms with van der Waals surface area (Å²) in [5.74, 6) is 0. The van der Waals surface area contributed by atoms with E-state index in [4.69, 9.17) is 4.42 Å². The summed E-state index contributed by atoms with van der Waals surface area (Å²) in [5, 5.41) is 2.25. The molecule has 58 heavy (non-hydrogen) atoms. The molecular formula is C55H38N2O. The molecule has 0 saturated carbocycles. The van der Waals surface area contributed by atoms with Crippen LogP contribution in [0.5, 0.6) is 0 Å². The van der Waals surface area contributed by atoms with Crippen LogP contribution in [-0.4, -0.2) is 0 Å². The van der Waals surface area contributed by atoms with Gasteiger partial charge in [0.15, 0.2) is 0 Å². The zero-order valence-electron chi connectivity index (χ0n) is 31.7. The highest BCUT2D eigenvalue weighted by molar-refractivity contribution is 6.12. The average molecular weight is 743 g/mol. The van der Waals surface area contributed by atoms with Crippen molar-refractivity contribution in [3.8, 4) is 11.1 Å². The van der Waals surface area contributed by atoms with E-state index in [1.165, 1.54) is 22.3 Å². The van der Waals surface area contributed by atoms with Gasteiger partial charge in [-0.1, -0.05) is 158 Å². The second-order valence-electron chi connectivity index (χ2n) is 14.9. The van der Waals surface area contributed by atoms with Gasteiger partial charge in [0.1, 0.15) is 11.2 Å². The topological polar surface area (TPSA) is 19.6 Å². The molecule has 9 aromatic carbocycles. The fourth-order valence-corrected chi connectivity index (χ4v) is 9.29. The Balaban J connectivity index is 1.29. The third-order valence-corrected chi connectivity index (χ3v) is 11.7. The summed E-state index contributed by atoms with van der Waals surface area (Å²) < 4.78 is 6.86. The van der Waals surface area contributed by atoms with Crippen LogP contribution in [0.1, 0.15) is 22.3 Å². The monoisotopic (exact) mass is 742 g/mol.